The van der Waals surface area contributed by atoms with Gasteiger partial charge in [0.25, 0.3) is 0 Å². The van der Waals surface area contributed by atoms with Crippen LogP contribution in [0.1, 0.15) is 36.1 Å². The van der Waals surface area contributed by atoms with E-state index < -0.39 is 12.0 Å². The van der Waals surface area contributed by atoms with Crippen molar-refractivity contribution in [1.82, 2.24) is 14.9 Å². The summed E-state index contributed by atoms with van der Waals surface area (Å²) in [5.41, 5.74) is 1.25. The molecule has 0 radical (unpaired) electrons. The van der Waals surface area contributed by atoms with Gasteiger partial charge in [0.05, 0.1) is 16.6 Å². The molecule has 2 N–H and O–H groups in total. The van der Waals surface area contributed by atoms with E-state index in [1.807, 2.05) is 6.92 Å². The van der Waals surface area contributed by atoms with Gasteiger partial charge in [0.2, 0.25) is 5.91 Å². The van der Waals surface area contributed by atoms with Crippen molar-refractivity contribution < 1.29 is 14.7 Å². The van der Waals surface area contributed by atoms with Crippen LogP contribution in [0.4, 0.5) is 0 Å². The van der Waals surface area contributed by atoms with Crippen molar-refractivity contribution in [1.29, 1.82) is 0 Å². The van der Waals surface area contributed by atoms with Crippen LogP contribution in [0.25, 0.3) is 11.0 Å². The highest BCUT2D eigenvalue weighted by molar-refractivity contribution is 6.01. The summed E-state index contributed by atoms with van der Waals surface area (Å²) in [7, 11) is 1.56. The van der Waals surface area contributed by atoms with Gasteiger partial charge in [-0.15, -0.1) is 0 Å². The number of rotatable bonds is 4. The third-order valence-electron chi connectivity index (χ3n) is 3.34. The van der Waals surface area contributed by atoms with Crippen LogP contribution >= 0.6 is 0 Å². The fraction of sp³-hybridized carbons (Fsp3) is 0.357. The zero-order valence-corrected chi connectivity index (χ0v) is 11.7. The first kappa shape index (κ1) is 14.0. The number of aromatic carboxylic acids is 1. The average Bonchev–Trinajstić information content (AvgIpc) is 2.83. The van der Waals surface area contributed by atoms with Crippen LogP contribution in [0.15, 0.2) is 18.2 Å². The predicted octanol–water partition coefficient (Wildman–Crippen LogP) is 1.60. The third-order valence-corrected chi connectivity index (χ3v) is 3.34. The summed E-state index contributed by atoms with van der Waals surface area (Å²) in [5.74, 6) is -0.507. The summed E-state index contributed by atoms with van der Waals surface area (Å²) < 4.78 is 1.71. The molecule has 0 saturated heterocycles. The number of nitrogens with one attached hydrogen (secondary N) is 1. The van der Waals surface area contributed by atoms with Crippen molar-refractivity contribution in [3.63, 3.8) is 0 Å². The zero-order valence-electron chi connectivity index (χ0n) is 11.7. The van der Waals surface area contributed by atoms with Crippen molar-refractivity contribution in [3.05, 3.63) is 29.6 Å². The van der Waals surface area contributed by atoms with Gasteiger partial charge < -0.3 is 15.0 Å². The summed E-state index contributed by atoms with van der Waals surface area (Å²) in [4.78, 5) is 27.7. The molecular weight excluding hydrogens is 258 g/mol. The van der Waals surface area contributed by atoms with Crippen molar-refractivity contribution in [2.24, 2.45) is 0 Å². The number of likely N-dealkylation sites (N-methyl/N-ethyl adjacent to an activating group) is 1. The smallest absolute Gasteiger partial charge is 0.337 e. The molecule has 0 fully saturated rings. The lowest BCUT2D eigenvalue weighted by atomic mass is 10.1. The van der Waals surface area contributed by atoms with Gasteiger partial charge in [-0.05, 0) is 19.1 Å². The summed E-state index contributed by atoms with van der Waals surface area (Å²) in [6.07, 6.45) is 0.620. The highest BCUT2D eigenvalue weighted by Gasteiger charge is 2.23. The van der Waals surface area contributed by atoms with E-state index in [-0.39, 0.29) is 11.5 Å². The number of aryl methyl sites for hydroxylation is 1. The number of carboxylic acids is 1. The Kier molecular flexibility index (Phi) is 3.74. The van der Waals surface area contributed by atoms with E-state index in [2.05, 4.69) is 10.3 Å². The molecule has 0 spiro atoms. The molecule has 1 aromatic heterocycles. The fourth-order valence-electron chi connectivity index (χ4n) is 2.36. The molecular formula is C14H17N3O3. The molecule has 106 valence electrons. The molecule has 20 heavy (non-hydrogen) atoms. The van der Waals surface area contributed by atoms with Crippen LogP contribution in [0.5, 0.6) is 0 Å². The molecule has 2 aromatic rings. The molecule has 0 bridgehead atoms. The van der Waals surface area contributed by atoms with E-state index >= 15 is 0 Å². The first-order valence-electron chi connectivity index (χ1n) is 6.46. The van der Waals surface area contributed by atoms with E-state index in [0.29, 0.717) is 23.3 Å². The number of carbonyl (C=O) groups excluding carboxylic acids is 1. The number of fused-ring (bicyclic) bond motifs is 1. The monoisotopic (exact) mass is 275 g/mol. The lowest BCUT2D eigenvalue weighted by Gasteiger charge is -2.16. The summed E-state index contributed by atoms with van der Waals surface area (Å²) >= 11 is 0. The number of benzene rings is 1. The Hall–Kier alpha value is -2.37. The minimum atomic E-state index is -1.02. The molecule has 1 atom stereocenters. The molecule has 1 amide bonds. The molecule has 6 nitrogen and oxygen atoms in total. The number of amides is 1. The largest absolute Gasteiger partial charge is 0.478 e. The quantitative estimate of drug-likeness (QED) is 0.887. The molecule has 1 aromatic carbocycles. The molecule has 0 aliphatic rings. The lowest BCUT2D eigenvalue weighted by molar-refractivity contribution is -0.123. The van der Waals surface area contributed by atoms with Crippen LogP contribution in [0.2, 0.25) is 0 Å². The number of nitrogens with zero attached hydrogens (tertiary/aromatic N) is 2. The summed E-state index contributed by atoms with van der Waals surface area (Å²) in [6.45, 7) is 3.66. The number of imidazole rings is 1. The second-order valence-electron chi connectivity index (χ2n) is 4.52. The van der Waals surface area contributed by atoms with Gasteiger partial charge in [-0.3, -0.25) is 4.79 Å². The minimum Gasteiger partial charge on any atom is -0.478 e. The molecule has 0 saturated carbocycles. The van der Waals surface area contributed by atoms with Gasteiger partial charge in [0.1, 0.15) is 11.9 Å². The highest BCUT2D eigenvalue weighted by Crippen LogP contribution is 2.25. The molecule has 1 unspecified atom stereocenters. The maximum atomic E-state index is 11.9. The number of aromatic nitrogens is 2. The summed E-state index contributed by atoms with van der Waals surface area (Å²) in [5, 5.41) is 11.9. The fourth-order valence-corrected chi connectivity index (χ4v) is 2.36. The van der Waals surface area contributed by atoms with Crippen molar-refractivity contribution >= 4 is 22.9 Å². The number of hydrogen-bond acceptors (Lipinski definition) is 3. The van der Waals surface area contributed by atoms with Crippen LogP contribution in [-0.4, -0.2) is 33.6 Å². The topological polar surface area (TPSA) is 84.2 Å². The average molecular weight is 275 g/mol. The first-order chi connectivity index (χ1) is 9.51. The van der Waals surface area contributed by atoms with Crippen molar-refractivity contribution in [2.75, 3.05) is 7.05 Å². The molecule has 0 aliphatic heterocycles. The van der Waals surface area contributed by atoms with Gasteiger partial charge in [-0.25, -0.2) is 9.78 Å². The SMILES string of the molecule is CCc1nc2cccc(C(=O)O)c2n1C(C)C(=O)NC. The normalized spacial score (nSPS) is 12.3. The first-order valence-corrected chi connectivity index (χ1v) is 6.46. The van der Waals surface area contributed by atoms with E-state index in [1.54, 1.807) is 30.7 Å². The number of hydrogen-bond donors (Lipinski definition) is 2. The molecule has 2 rings (SSSR count). The van der Waals surface area contributed by atoms with Crippen molar-refractivity contribution in [3.8, 4) is 0 Å². The van der Waals surface area contributed by atoms with Crippen LogP contribution in [0, 0.1) is 0 Å². The third kappa shape index (κ3) is 2.13. The van der Waals surface area contributed by atoms with E-state index in [1.165, 1.54) is 6.07 Å². The minimum absolute atomic E-state index is 0.158. The highest BCUT2D eigenvalue weighted by atomic mass is 16.4. The maximum absolute atomic E-state index is 11.9. The van der Waals surface area contributed by atoms with Gasteiger partial charge in [-0.1, -0.05) is 13.0 Å². The Balaban J connectivity index is 2.79. The van der Waals surface area contributed by atoms with Crippen molar-refractivity contribution in [2.45, 2.75) is 26.3 Å². The number of carboxylic acid groups (broad SMARTS) is 1. The Morgan fingerprint density at radius 3 is 2.70 bits per heavy atom. The predicted molar refractivity (Wildman–Crippen MR) is 74.8 cm³/mol. The van der Waals surface area contributed by atoms with E-state index in [4.69, 9.17) is 0 Å². The van der Waals surface area contributed by atoms with E-state index in [0.717, 1.165) is 0 Å². The summed E-state index contributed by atoms with van der Waals surface area (Å²) in [6, 6.07) is 4.43. The second-order valence-corrected chi connectivity index (χ2v) is 4.52. The standard InChI is InChI=1S/C14H17N3O3/c1-4-11-16-10-7-5-6-9(14(19)20)12(10)17(11)8(2)13(18)15-3/h5-8H,4H2,1-3H3,(H,15,18)(H,19,20). The van der Waals surface area contributed by atoms with Gasteiger partial charge >= 0.3 is 5.97 Å². The van der Waals surface area contributed by atoms with E-state index in [9.17, 15) is 14.7 Å². The Labute approximate surface area is 116 Å². The number of carbonyl (C=O) groups is 2. The Morgan fingerprint density at radius 2 is 2.15 bits per heavy atom. The van der Waals surface area contributed by atoms with Gasteiger partial charge in [-0.2, -0.15) is 0 Å². The number of para-hydroxylation sites is 1. The van der Waals surface area contributed by atoms with Crippen LogP contribution in [0.3, 0.4) is 0 Å². The molecule has 6 heteroatoms. The van der Waals surface area contributed by atoms with Crippen LogP contribution < -0.4 is 5.32 Å². The molecule has 1 heterocycles. The Bertz CT molecular complexity index is 676. The van der Waals surface area contributed by atoms with Crippen LogP contribution in [-0.2, 0) is 11.2 Å². The van der Waals surface area contributed by atoms with Gasteiger partial charge in [0.15, 0.2) is 0 Å². The molecule has 0 aliphatic carbocycles. The zero-order chi connectivity index (χ0) is 14.9. The maximum Gasteiger partial charge on any atom is 0.337 e. The lowest BCUT2D eigenvalue weighted by Crippen LogP contribution is -2.29. The second kappa shape index (κ2) is 5.32. The Morgan fingerprint density at radius 1 is 1.45 bits per heavy atom. The van der Waals surface area contributed by atoms with Gasteiger partial charge in [0, 0.05) is 13.5 Å².